The third kappa shape index (κ3) is 1.60. The Labute approximate surface area is 147 Å². The van der Waals surface area contributed by atoms with E-state index in [2.05, 4.69) is 32.0 Å². The molecule has 0 saturated carbocycles. The maximum atomic E-state index is 13.5. The Hall–Kier alpha value is -2.71. The number of ketones is 1. The number of hydrogen-bond acceptors (Lipinski definition) is 2. The lowest BCUT2D eigenvalue weighted by Gasteiger charge is -2.15. The zero-order valence-electron chi connectivity index (χ0n) is 14.2. The third-order valence-corrected chi connectivity index (χ3v) is 5.70. The Bertz CT molecular complexity index is 1010. The van der Waals surface area contributed by atoms with E-state index in [1.54, 1.807) is 0 Å². The van der Waals surface area contributed by atoms with E-state index in [-0.39, 0.29) is 5.78 Å². The molecule has 0 bridgehead atoms. The van der Waals surface area contributed by atoms with Crippen LogP contribution in [-0.4, -0.2) is 5.78 Å². The Morgan fingerprint density at radius 2 is 1.24 bits per heavy atom. The van der Waals surface area contributed by atoms with Crippen LogP contribution in [-0.2, 0) is 15.9 Å². The second kappa shape index (κ2) is 4.68. The summed E-state index contributed by atoms with van der Waals surface area (Å²) in [6.45, 7) is 4.14. The highest BCUT2D eigenvalue weighted by atomic mass is 16.6. The molecule has 122 valence electrons. The number of epoxide rings is 1. The molecule has 2 nitrogen and oxygen atoms in total. The second-order valence-electron chi connectivity index (χ2n) is 7.01. The Morgan fingerprint density at radius 3 is 1.84 bits per heavy atom. The van der Waals surface area contributed by atoms with Gasteiger partial charge in [-0.15, -0.1) is 0 Å². The molecule has 1 heterocycles. The van der Waals surface area contributed by atoms with Crippen molar-refractivity contribution in [1.29, 1.82) is 0 Å². The van der Waals surface area contributed by atoms with Gasteiger partial charge in [-0.3, -0.25) is 4.79 Å². The number of Topliss-reactive ketones (excluding diaryl/α,β-unsaturated/α-hetero) is 1. The van der Waals surface area contributed by atoms with Crippen molar-refractivity contribution >= 4 is 5.78 Å². The van der Waals surface area contributed by atoms with Gasteiger partial charge < -0.3 is 4.74 Å². The van der Waals surface area contributed by atoms with Crippen molar-refractivity contribution < 1.29 is 9.53 Å². The molecule has 0 spiro atoms. The summed E-state index contributed by atoms with van der Waals surface area (Å²) < 4.78 is 6.38. The minimum absolute atomic E-state index is 0.0700. The fraction of sp³-hybridized carbons (Fsp3) is 0.174. The van der Waals surface area contributed by atoms with Crippen LogP contribution in [0.1, 0.15) is 38.2 Å². The Balaban J connectivity index is 1.84. The van der Waals surface area contributed by atoms with Crippen LogP contribution in [0, 0.1) is 13.8 Å². The molecular weight excluding hydrogens is 308 g/mol. The number of carbonyl (C=O) groups is 1. The summed E-state index contributed by atoms with van der Waals surface area (Å²) in [5.74, 6) is 0.0700. The van der Waals surface area contributed by atoms with Gasteiger partial charge in [0.05, 0.1) is 0 Å². The predicted octanol–water partition coefficient (Wildman–Crippen LogP) is 4.67. The van der Waals surface area contributed by atoms with Gasteiger partial charge in [-0.2, -0.15) is 0 Å². The highest BCUT2D eigenvalue weighted by molar-refractivity contribution is 6.12. The van der Waals surface area contributed by atoms with Crippen LogP contribution in [0.15, 0.2) is 72.8 Å². The van der Waals surface area contributed by atoms with Gasteiger partial charge in [0.2, 0.25) is 5.78 Å². The maximum Gasteiger partial charge on any atom is 0.203 e. The molecule has 0 amide bonds. The van der Waals surface area contributed by atoms with Crippen LogP contribution in [0.5, 0.6) is 0 Å². The molecule has 3 aromatic carbocycles. The van der Waals surface area contributed by atoms with Gasteiger partial charge in [-0.05, 0) is 42.2 Å². The van der Waals surface area contributed by atoms with Crippen molar-refractivity contribution in [2.24, 2.45) is 0 Å². The van der Waals surface area contributed by atoms with Gasteiger partial charge in [0.25, 0.3) is 0 Å². The number of hydrogen-bond donors (Lipinski definition) is 0. The quantitative estimate of drug-likeness (QED) is 0.641. The van der Waals surface area contributed by atoms with Crippen molar-refractivity contribution in [1.82, 2.24) is 0 Å². The smallest absolute Gasteiger partial charge is 0.203 e. The molecule has 0 N–H and O–H groups in total. The highest BCUT2D eigenvalue weighted by Crippen LogP contribution is 2.71. The monoisotopic (exact) mass is 326 g/mol. The van der Waals surface area contributed by atoms with E-state index in [0.717, 1.165) is 27.8 Å². The molecule has 1 aliphatic carbocycles. The van der Waals surface area contributed by atoms with Crippen molar-refractivity contribution in [2.75, 3.05) is 0 Å². The number of benzene rings is 3. The molecule has 1 fully saturated rings. The fourth-order valence-corrected chi connectivity index (χ4v) is 4.30. The highest BCUT2D eigenvalue weighted by Gasteiger charge is 2.81. The van der Waals surface area contributed by atoms with E-state index in [4.69, 9.17) is 4.74 Å². The van der Waals surface area contributed by atoms with Crippen LogP contribution in [0.4, 0.5) is 0 Å². The van der Waals surface area contributed by atoms with Gasteiger partial charge in [0, 0.05) is 11.1 Å². The summed E-state index contributed by atoms with van der Waals surface area (Å²) in [6, 6.07) is 24.2. The number of rotatable bonds is 2. The zero-order chi connectivity index (χ0) is 17.2. The molecule has 25 heavy (non-hydrogen) atoms. The van der Waals surface area contributed by atoms with Gasteiger partial charge in [-0.25, -0.2) is 0 Å². The lowest BCUT2D eigenvalue weighted by molar-refractivity contribution is 0.0868. The van der Waals surface area contributed by atoms with Crippen LogP contribution < -0.4 is 0 Å². The molecule has 5 rings (SSSR count). The average molecular weight is 326 g/mol. The van der Waals surface area contributed by atoms with Crippen molar-refractivity contribution in [3.63, 3.8) is 0 Å². The Kier molecular flexibility index (Phi) is 2.73. The van der Waals surface area contributed by atoms with E-state index in [0.29, 0.717) is 0 Å². The van der Waals surface area contributed by atoms with Gasteiger partial charge in [0.15, 0.2) is 11.2 Å². The molecule has 2 aliphatic rings. The standard InChI is InChI=1S/C23H18O2/c1-15-13-19-20(14-16(15)2)22(17-9-5-3-6-10-17)23(25-22,21(19)24)18-11-7-4-8-12-18/h3-14H,1-2H3. The zero-order valence-corrected chi connectivity index (χ0v) is 14.2. The first-order valence-electron chi connectivity index (χ1n) is 8.59. The molecule has 2 atom stereocenters. The first kappa shape index (κ1) is 14.6. The molecule has 2 unspecified atom stereocenters. The normalized spacial score (nSPS) is 26.2. The van der Waals surface area contributed by atoms with Gasteiger partial charge in [-0.1, -0.05) is 66.7 Å². The summed E-state index contributed by atoms with van der Waals surface area (Å²) in [5.41, 5.74) is 4.43. The van der Waals surface area contributed by atoms with Crippen molar-refractivity contribution in [2.45, 2.75) is 25.0 Å². The molecule has 2 heteroatoms. The van der Waals surface area contributed by atoms with E-state index < -0.39 is 11.2 Å². The second-order valence-corrected chi connectivity index (χ2v) is 7.01. The third-order valence-electron chi connectivity index (χ3n) is 5.70. The Morgan fingerprint density at radius 1 is 0.720 bits per heavy atom. The molecule has 3 aromatic rings. The predicted molar refractivity (Wildman–Crippen MR) is 96.7 cm³/mol. The average Bonchev–Trinajstić information content (AvgIpc) is 3.32. The number of aryl methyl sites for hydroxylation is 2. The van der Waals surface area contributed by atoms with Gasteiger partial charge >= 0.3 is 0 Å². The van der Waals surface area contributed by atoms with Crippen LogP contribution in [0.2, 0.25) is 0 Å². The largest absolute Gasteiger partial charge is 0.338 e. The first-order chi connectivity index (χ1) is 12.1. The van der Waals surface area contributed by atoms with E-state index >= 15 is 0 Å². The molecule has 1 saturated heterocycles. The fourth-order valence-electron chi connectivity index (χ4n) is 4.30. The molecule has 0 radical (unpaired) electrons. The maximum absolute atomic E-state index is 13.5. The van der Waals surface area contributed by atoms with Crippen molar-refractivity contribution in [3.05, 3.63) is 106 Å². The summed E-state index contributed by atoms with van der Waals surface area (Å²) in [6.07, 6.45) is 0. The first-order valence-corrected chi connectivity index (χ1v) is 8.59. The molecular formula is C23H18O2. The summed E-state index contributed by atoms with van der Waals surface area (Å²) >= 11 is 0. The van der Waals surface area contributed by atoms with E-state index in [1.807, 2.05) is 54.6 Å². The summed E-state index contributed by atoms with van der Waals surface area (Å²) in [4.78, 5) is 13.5. The number of fused-ring (bicyclic) bond motifs is 3. The number of carbonyl (C=O) groups excluding carboxylic acids is 1. The van der Waals surface area contributed by atoms with E-state index in [9.17, 15) is 4.79 Å². The molecule has 0 aromatic heterocycles. The lowest BCUT2D eigenvalue weighted by atomic mass is 9.81. The SMILES string of the molecule is Cc1cc2c(cc1C)C1(c3ccccc3)OC1(c1ccccc1)C2=O. The number of ether oxygens (including phenoxy) is 1. The minimum Gasteiger partial charge on any atom is -0.338 e. The van der Waals surface area contributed by atoms with Crippen LogP contribution in [0.25, 0.3) is 0 Å². The summed E-state index contributed by atoms with van der Waals surface area (Å²) in [7, 11) is 0. The lowest BCUT2D eigenvalue weighted by Crippen LogP contribution is -2.24. The van der Waals surface area contributed by atoms with Crippen LogP contribution >= 0.6 is 0 Å². The summed E-state index contributed by atoms with van der Waals surface area (Å²) in [5, 5.41) is 0. The minimum atomic E-state index is -0.932. The molecule has 1 aliphatic heterocycles. The van der Waals surface area contributed by atoms with Gasteiger partial charge in [0.1, 0.15) is 0 Å². The van der Waals surface area contributed by atoms with E-state index in [1.165, 1.54) is 5.56 Å². The van der Waals surface area contributed by atoms with Crippen molar-refractivity contribution in [3.8, 4) is 0 Å². The van der Waals surface area contributed by atoms with Crippen LogP contribution in [0.3, 0.4) is 0 Å². The topological polar surface area (TPSA) is 29.6 Å².